The van der Waals surface area contributed by atoms with Crippen LogP contribution in [-0.4, -0.2) is 11.6 Å². The molecule has 0 atom stereocenters. The summed E-state index contributed by atoms with van der Waals surface area (Å²) in [5, 5.41) is 0. The van der Waals surface area contributed by atoms with Crippen molar-refractivity contribution in [2.45, 2.75) is 54.4 Å². The summed E-state index contributed by atoms with van der Waals surface area (Å²) in [7, 11) is 0. The third-order valence-electron chi connectivity index (χ3n) is 2.34. The average Bonchev–Trinajstić information content (AvgIpc) is 2.11. The van der Waals surface area contributed by atoms with E-state index >= 15 is 0 Å². The molecule has 0 rings (SSSR count). The monoisotopic (exact) mass is 224 g/mol. The number of rotatable bonds is 6. The second-order valence-electron chi connectivity index (χ2n) is 5.43. The Morgan fingerprint density at radius 2 is 1.31 bits per heavy atom. The zero-order valence-electron chi connectivity index (χ0n) is 11.4. The van der Waals surface area contributed by atoms with Gasteiger partial charge in [-0.2, -0.15) is 0 Å². The summed E-state index contributed by atoms with van der Waals surface area (Å²) in [6.45, 7) is 11.8. The van der Waals surface area contributed by atoms with Crippen LogP contribution in [0.15, 0.2) is 11.1 Å². The maximum absolute atomic E-state index is 11.9. The molecule has 0 bridgehead atoms. The van der Waals surface area contributed by atoms with Crippen molar-refractivity contribution in [3.8, 4) is 0 Å². The van der Waals surface area contributed by atoms with Crippen molar-refractivity contribution in [1.29, 1.82) is 0 Å². The van der Waals surface area contributed by atoms with Crippen LogP contribution in [0.2, 0.25) is 0 Å². The summed E-state index contributed by atoms with van der Waals surface area (Å²) >= 11 is 0. The molecule has 0 aliphatic rings. The maximum atomic E-state index is 11.9. The van der Waals surface area contributed by atoms with Crippen LogP contribution in [0.3, 0.4) is 0 Å². The highest BCUT2D eigenvalue weighted by atomic mass is 16.2. The van der Waals surface area contributed by atoms with Crippen molar-refractivity contribution in [2.24, 2.45) is 11.8 Å². The molecule has 0 saturated heterocycles. The van der Waals surface area contributed by atoms with E-state index in [0.717, 1.165) is 5.57 Å². The van der Waals surface area contributed by atoms with E-state index in [2.05, 4.69) is 13.8 Å². The fraction of sp³-hybridized carbons (Fsp3) is 0.714. The van der Waals surface area contributed by atoms with Crippen LogP contribution in [0.4, 0.5) is 0 Å². The number of Topliss-reactive ketones (excluding diaryl/α,β-unsaturated/α-hetero) is 2. The highest BCUT2D eigenvalue weighted by Crippen LogP contribution is 2.17. The first kappa shape index (κ1) is 15.1. The van der Waals surface area contributed by atoms with Gasteiger partial charge in [0.25, 0.3) is 0 Å². The van der Waals surface area contributed by atoms with E-state index < -0.39 is 0 Å². The minimum atomic E-state index is -0.276. The first-order chi connectivity index (χ1) is 7.25. The molecule has 0 aromatic rings. The SMILES string of the molecule is CC(C)=C(CC(C)C)C(=O)C(=O)CC(C)C. The molecule has 0 amide bonds. The summed E-state index contributed by atoms with van der Waals surface area (Å²) in [6, 6.07) is 0. The van der Waals surface area contributed by atoms with Crippen LogP contribution in [0.5, 0.6) is 0 Å². The zero-order chi connectivity index (χ0) is 12.9. The molecule has 2 heteroatoms. The molecule has 0 N–H and O–H groups in total. The van der Waals surface area contributed by atoms with Crippen LogP contribution in [-0.2, 0) is 9.59 Å². The molecule has 0 radical (unpaired) electrons. The molecule has 16 heavy (non-hydrogen) atoms. The lowest BCUT2D eigenvalue weighted by Gasteiger charge is -2.11. The Labute approximate surface area is 99.1 Å². The quantitative estimate of drug-likeness (QED) is 0.510. The van der Waals surface area contributed by atoms with Crippen molar-refractivity contribution in [3.05, 3.63) is 11.1 Å². The molecular weight excluding hydrogens is 200 g/mol. The van der Waals surface area contributed by atoms with Crippen molar-refractivity contribution in [3.63, 3.8) is 0 Å². The summed E-state index contributed by atoms with van der Waals surface area (Å²) in [4.78, 5) is 23.6. The number of hydrogen-bond donors (Lipinski definition) is 0. The molecule has 0 aliphatic carbocycles. The molecule has 0 heterocycles. The van der Waals surface area contributed by atoms with Crippen molar-refractivity contribution < 1.29 is 9.59 Å². The minimum Gasteiger partial charge on any atom is -0.290 e. The fourth-order valence-corrected chi connectivity index (χ4v) is 1.56. The number of carbonyl (C=O) groups excluding carboxylic acids is 2. The van der Waals surface area contributed by atoms with Gasteiger partial charge in [-0.15, -0.1) is 0 Å². The van der Waals surface area contributed by atoms with Crippen LogP contribution < -0.4 is 0 Å². The van der Waals surface area contributed by atoms with Gasteiger partial charge in [0.15, 0.2) is 0 Å². The average molecular weight is 224 g/mol. The standard InChI is InChI=1S/C14H24O2/c1-9(2)7-12(11(5)6)14(16)13(15)8-10(3)4/h9-10H,7-8H2,1-6H3. The predicted octanol–water partition coefficient (Wildman–Crippen LogP) is 3.55. The largest absolute Gasteiger partial charge is 0.290 e. The van der Waals surface area contributed by atoms with E-state index in [1.807, 2.05) is 27.7 Å². The van der Waals surface area contributed by atoms with Crippen molar-refractivity contribution in [1.82, 2.24) is 0 Å². The fourth-order valence-electron chi connectivity index (χ4n) is 1.56. The Morgan fingerprint density at radius 1 is 0.875 bits per heavy atom. The third kappa shape index (κ3) is 5.24. The minimum absolute atomic E-state index is 0.244. The zero-order valence-corrected chi connectivity index (χ0v) is 11.4. The van der Waals surface area contributed by atoms with Crippen LogP contribution in [0.1, 0.15) is 54.4 Å². The second-order valence-corrected chi connectivity index (χ2v) is 5.43. The van der Waals surface area contributed by atoms with Crippen LogP contribution in [0, 0.1) is 11.8 Å². The third-order valence-corrected chi connectivity index (χ3v) is 2.34. The summed E-state index contributed by atoms with van der Waals surface area (Å²) < 4.78 is 0. The Hall–Kier alpha value is -0.920. The molecule has 0 saturated carbocycles. The molecule has 0 aromatic heterocycles. The lowest BCUT2D eigenvalue weighted by Crippen LogP contribution is -2.20. The Bertz CT molecular complexity index is 292. The molecule has 92 valence electrons. The molecular formula is C14H24O2. The van der Waals surface area contributed by atoms with Gasteiger partial charge in [0.1, 0.15) is 0 Å². The number of allylic oxidation sites excluding steroid dienone is 2. The summed E-state index contributed by atoms with van der Waals surface area (Å²) in [5.41, 5.74) is 1.68. The van der Waals surface area contributed by atoms with Gasteiger partial charge in [0.2, 0.25) is 11.6 Å². The summed E-state index contributed by atoms with van der Waals surface area (Å²) in [6.07, 6.45) is 1.05. The van der Waals surface area contributed by atoms with Gasteiger partial charge in [-0.3, -0.25) is 9.59 Å². The van der Waals surface area contributed by atoms with E-state index in [4.69, 9.17) is 0 Å². The Kier molecular flexibility index (Phi) is 6.24. The van der Waals surface area contributed by atoms with Crippen molar-refractivity contribution in [2.75, 3.05) is 0 Å². The van der Waals surface area contributed by atoms with Gasteiger partial charge in [0, 0.05) is 12.0 Å². The first-order valence-electron chi connectivity index (χ1n) is 5.99. The Morgan fingerprint density at radius 3 is 1.62 bits per heavy atom. The molecule has 0 aliphatic heterocycles. The van der Waals surface area contributed by atoms with Gasteiger partial charge in [-0.1, -0.05) is 33.3 Å². The highest BCUT2D eigenvalue weighted by Gasteiger charge is 2.21. The molecule has 0 spiro atoms. The molecule has 0 fully saturated rings. The smallest absolute Gasteiger partial charge is 0.224 e. The second kappa shape index (κ2) is 6.62. The van der Waals surface area contributed by atoms with E-state index in [-0.39, 0.29) is 17.5 Å². The molecule has 2 nitrogen and oxygen atoms in total. The normalized spacial score (nSPS) is 10.8. The van der Waals surface area contributed by atoms with Gasteiger partial charge in [-0.05, 0) is 32.1 Å². The first-order valence-corrected chi connectivity index (χ1v) is 5.99. The highest BCUT2D eigenvalue weighted by molar-refractivity contribution is 6.43. The predicted molar refractivity (Wildman–Crippen MR) is 67.3 cm³/mol. The maximum Gasteiger partial charge on any atom is 0.224 e. The number of hydrogen-bond acceptors (Lipinski definition) is 2. The van der Waals surface area contributed by atoms with Crippen LogP contribution in [0.25, 0.3) is 0 Å². The van der Waals surface area contributed by atoms with E-state index in [9.17, 15) is 9.59 Å². The number of ketones is 2. The topological polar surface area (TPSA) is 34.1 Å². The molecule has 0 unspecified atom stereocenters. The van der Waals surface area contributed by atoms with Gasteiger partial charge >= 0.3 is 0 Å². The summed E-state index contributed by atoms with van der Waals surface area (Å²) in [5.74, 6) is 0.129. The molecule has 0 aromatic carbocycles. The van der Waals surface area contributed by atoms with Crippen molar-refractivity contribution >= 4 is 11.6 Å². The van der Waals surface area contributed by atoms with Gasteiger partial charge < -0.3 is 0 Å². The lowest BCUT2D eigenvalue weighted by molar-refractivity contribution is -0.135. The number of carbonyl (C=O) groups is 2. The van der Waals surface area contributed by atoms with E-state index in [1.54, 1.807) is 0 Å². The van der Waals surface area contributed by atoms with Gasteiger partial charge in [0.05, 0.1) is 0 Å². The van der Waals surface area contributed by atoms with Gasteiger partial charge in [-0.25, -0.2) is 0 Å². The van der Waals surface area contributed by atoms with Crippen LogP contribution >= 0.6 is 0 Å². The van der Waals surface area contributed by atoms with E-state index in [1.165, 1.54) is 0 Å². The van der Waals surface area contributed by atoms with E-state index in [0.29, 0.717) is 24.3 Å². The Balaban J connectivity index is 4.78. The lowest BCUT2D eigenvalue weighted by atomic mass is 9.91.